The van der Waals surface area contributed by atoms with Gasteiger partial charge in [-0.2, -0.15) is 0 Å². The second kappa shape index (κ2) is 5.29. The Morgan fingerprint density at radius 1 is 1.41 bits per heavy atom. The zero-order valence-electron chi connectivity index (χ0n) is 10.2. The first-order valence-corrected chi connectivity index (χ1v) is 4.91. The van der Waals surface area contributed by atoms with Crippen LogP contribution in [0, 0.1) is 6.92 Å². The predicted molar refractivity (Wildman–Crippen MR) is 59.7 cm³/mol. The van der Waals surface area contributed by atoms with Crippen LogP contribution in [0.1, 0.15) is 26.6 Å². The maximum Gasteiger partial charge on any atom is 0.361 e. The Morgan fingerprint density at radius 2 is 2.06 bits per heavy atom. The summed E-state index contributed by atoms with van der Waals surface area (Å²) in [4.78, 5) is 24.9. The van der Waals surface area contributed by atoms with Crippen molar-refractivity contribution in [1.29, 1.82) is 0 Å². The predicted octanol–water partition coefficient (Wildman–Crippen LogP) is 1.03. The molecule has 6 nitrogen and oxygen atoms in total. The van der Waals surface area contributed by atoms with E-state index in [-0.39, 0.29) is 17.0 Å². The van der Waals surface area contributed by atoms with Crippen LogP contribution in [0.15, 0.2) is 16.8 Å². The van der Waals surface area contributed by atoms with E-state index in [0.717, 1.165) is 0 Å². The first kappa shape index (κ1) is 13.0. The molecule has 92 valence electrons. The maximum atomic E-state index is 11.9. The van der Waals surface area contributed by atoms with Crippen molar-refractivity contribution >= 4 is 11.8 Å². The lowest BCUT2D eigenvalue weighted by Crippen LogP contribution is -2.10. The molecule has 1 aromatic rings. The molecule has 0 aromatic carbocycles. The van der Waals surface area contributed by atoms with Gasteiger partial charge < -0.3 is 14.2 Å². The number of carbonyl (C=O) groups is 2. The molecule has 0 N–H and O–H groups in total. The number of ether oxygens (including phenoxy) is 1. The van der Waals surface area contributed by atoms with E-state index in [2.05, 4.69) is 9.89 Å². The summed E-state index contributed by atoms with van der Waals surface area (Å²) in [5.74, 6) is -0.750. The fraction of sp³-hybridized carbons (Fsp3) is 0.364. The molecule has 0 amide bonds. The molecule has 0 unspecified atom stereocenters. The van der Waals surface area contributed by atoms with Crippen molar-refractivity contribution < 1.29 is 18.8 Å². The molecule has 0 radical (unpaired) electrons. The van der Waals surface area contributed by atoms with E-state index in [1.165, 1.54) is 13.2 Å². The summed E-state index contributed by atoms with van der Waals surface area (Å²) in [5, 5.41) is 3.52. The first-order chi connectivity index (χ1) is 7.97. The zero-order valence-corrected chi connectivity index (χ0v) is 10.2. The topological polar surface area (TPSA) is 72.6 Å². The van der Waals surface area contributed by atoms with Crippen LogP contribution < -0.4 is 0 Å². The molecular weight excluding hydrogens is 224 g/mol. The molecule has 0 fully saturated rings. The van der Waals surface area contributed by atoms with Crippen LogP contribution in [0.5, 0.6) is 0 Å². The summed E-state index contributed by atoms with van der Waals surface area (Å²) in [5.41, 5.74) is 0.0355. The number of allylic oxidation sites excluding steroid dienone is 1. The number of aromatic nitrogens is 1. The molecular formula is C11H14N2O4. The average Bonchev–Trinajstić information content (AvgIpc) is 2.67. The van der Waals surface area contributed by atoms with Crippen LogP contribution >= 0.6 is 0 Å². The van der Waals surface area contributed by atoms with E-state index in [9.17, 15) is 9.59 Å². The SMILES string of the molecule is COC(=O)c1noc(C)c1C(=O)/C=C/N(C)C. The first-order valence-electron chi connectivity index (χ1n) is 4.91. The van der Waals surface area contributed by atoms with Gasteiger partial charge in [0.1, 0.15) is 5.76 Å². The number of hydrogen-bond acceptors (Lipinski definition) is 6. The van der Waals surface area contributed by atoms with Crippen molar-refractivity contribution in [3.05, 3.63) is 29.3 Å². The molecule has 17 heavy (non-hydrogen) atoms. The van der Waals surface area contributed by atoms with Gasteiger partial charge in [0.25, 0.3) is 0 Å². The van der Waals surface area contributed by atoms with Crippen molar-refractivity contribution in [2.45, 2.75) is 6.92 Å². The third-order valence-corrected chi connectivity index (χ3v) is 2.01. The molecule has 0 bridgehead atoms. The minimum atomic E-state index is -0.691. The van der Waals surface area contributed by atoms with E-state index < -0.39 is 5.97 Å². The number of nitrogens with zero attached hydrogens (tertiary/aromatic N) is 2. The van der Waals surface area contributed by atoms with Crippen molar-refractivity contribution in [1.82, 2.24) is 10.1 Å². The zero-order chi connectivity index (χ0) is 13.0. The van der Waals surface area contributed by atoms with Gasteiger partial charge in [0.15, 0.2) is 5.78 Å². The summed E-state index contributed by atoms with van der Waals surface area (Å²) in [7, 11) is 4.78. The van der Waals surface area contributed by atoms with Gasteiger partial charge in [-0.3, -0.25) is 4.79 Å². The Labute approximate surface area is 98.8 Å². The second-order valence-corrected chi connectivity index (χ2v) is 3.60. The van der Waals surface area contributed by atoms with Gasteiger partial charge in [-0.25, -0.2) is 4.79 Å². The summed E-state index contributed by atoms with van der Waals surface area (Å²) in [6, 6.07) is 0. The van der Waals surface area contributed by atoms with Gasteiger partial charge in [-0.1, -0.05) is 5.16 Å². The monoisotopic (exact) mass is 238 g/mol. The highest BCUT2D eigenvalue weighted by Gasteiger charge is 2.24. The summed E-state index contributed by atoms with van der Waals surface area (Å²) in [6.45, 7) is 1.57. The van der Waals surface area contributed by atoms with Gasteiger partial charge in [0.2, 0.25) is 5.69 Å². The fourth-order valence-electron chi connectivity index (χ4n) is 1.20. The Morgan fingerprint density at radius 3 is 2.59 bits per heavy atom. The third kappa shape index (κ3) is 2.93. The Bertz CT molecular complexity index is 460. The van der Waals surface area contributed by atoms with E-state index in [1.807, 2.05) is 0 Å². The lowest BCUT2D eigenvalue weighted by Gasteiger charge is -2.02. The number of aryl methyl sites for hydroxylation is 1. The van der Waals surface area contributed by atoms with Crippen LogP contribution in [-0.4, -0.2) is 43.0 Å². The highest BCUT2D eigenvalue weighted by Crippen LogP contribution is 2.15. The van der Waals surface area contributed by atoms with E-state index in [1.54, 1.807) is 32.1 Å². The fourth-order valence-corrected chi connectivity index (χ4v) is 1.20. The van der Waals surface area contributed by atoms with Gasteiger partial charge in [0.05, 0.1) is 12.7 Å². The highest BCUT2D eigenvalue weighted by atomic mass is 16.5. The standard InChI is InChI=1S/C11H14N2O4/c1-7-9(8(14)5-6-13(2)3)10(12-17-7)11(15)16-4/h5-6H,1-4H3/b6-5+. The van der Waals surface area contributed by atoms with Crippen LogP contribution in [-0.2, 0) is 4.74 Å². The van der Waals surface area contributed by atoms with E-state index in [4.69, 9.17) is 4.52 Å². The molecule has 1 rings (SSSR count). The van der Waals surface area contributed by atoms with Crippen LogP contribution in [0.4, 0.5) is 0 Å². The molecule has 0 atom stereocenters. The largest absolute Gasteiger partial charge is 0.464 e. The van der Waals surface area contributed by atoms with Crippen LogP contribution in [0.25, 0.3) is 0 Å². The minimum Gasteiger partial charge on any atom is -0.464 e. The maximum absolute atomic E-state index is 11.9. The minimum absolute atomic E-state index is 0.0987. The number of carbonyl (C=O) groups excluding carboxylic acids is 2. The van der Waals surface area contributed by atoms with Crippen molar-refractivity contribution in [2.75, 3.05) is 21.2 Å². The van der Waals surface area contributed by atoms with Gasteiger partial charge >= 0.3 is 5.97 Å². The van der Waals surface area contributed by atoms with Crippen LogP contribution in [0.2, 0.25) is 0 Å². The molecule has 1 aromatic heterocycles. The lowest BCUT2D eigenvalue weighted by atomic mass is 10.1. The van der Waals surface area contributed by atoms with Crippen molar-refractivity contribution in [3.63, 3.8) is 0 Å². The average molecular weight is 238 g/mol. The van der Waals surface area contributed by atoms with Gasteiger partial charge in [0, 0.05) is 26.4 Å². The quantitative estimate of drug-likeness (QED) is 0.443. The van der Waals surface area contributed by atoms with Crippen molar-refractivity contribution in [3.8, 4) is 0 Å². The Kier molecular flexibility index (Phi) is 4.03. The summed E-state index contributed by atoms with van der Waals surface area (Å²) in [6.07, 6.45) is 2.92. The highest BCUT2D eigenvalue weighted by molar-refractivity contribution is 6.11. The molecule has 0 spiro atoms. The smallest absolute Gasteiger partial charge is 0.361 e. The molecule has 1 heterocycles. The summed E-state index contributed by atoms with van der Waals surface area (Å²) >= 11 is 0. The third-order valence-electron chi connectivity index (χ3n) is 2.01. The van der Waals surface area contributed by atoms with E-state index >= 15 is 0 Å². The molecule has 0 aliphatic carbocycles. The normalized spacial score (nSPS) is 10.6. The Hall–Kier alpha value is -2.11. The number of hydrogen-bond donors (Lipinski definition) is 0. The second-order valence-electron chi connectivity index (χ2n) is 3.60. The molecule has 0 aliphatic heterocycles. The molecule has 0 aliphatic rings. The van der Waals surface area contributed by atoms with E-state index in [0.29, 0.717) is 5.76 Å². The van der Waals surface area contributed by atoms with Crippen molar-refractivity contribution in [2.24, 2.45) is 0 Å². The summed E-state index contributed by atoms with van der Waals surface area (Å²) < 4.78 is 9.35. The number of rotatable bonds is 4. The number of ketones is 1. The molecule has 0 saturated heterocycles. The van der Waals surface area contributed by atoms with Gasteiger partial charge in [-0.15, -0.1) is 0 Å². The lowest BCUT2D eigenvalue weighted by molar-refractivity contribution is 0.0586. The van der Waals surface area contributed by atoms with Gasteiger partial charge in [-0.05, 0) is 6.92 Å². The molecule has 0 saturated carbocycles. The molecule has 6 heteroatoms. The van der Waals surface area contributed by atoms with Crippen LogP contribution in [0.3, 0.4) is 0 Å². The Balaban J connectivity index is 3.08. The number of methoxy groups -OCH3 is 1. The number of esters is 1.